The minimum atomic E-state index is -0.191. The quantitative estimate of drug-likeness (QED) is 0.475. The molecule has 0 bridgehead atoms. The van der Waals surface area contributed by atoms with Gasteiger partial charge in [0, 0.05) is 54.8 Å². The van der Waals surface area contributed by atoms with Crippen molar-refractivity contribution in [2.45, 2.75) is 31.4 Å². The number of nitrogens with two attached hydrogens (primary N) is 1. The van der Waals surface area contributed by atoms with Crippen LogP contribution in [0.1, 0.15) is 28.9 Å². The molecule has 1 saturated heterocycles. The molecule has 0 atom stereocenters. The van der Waals surface area contributed by atoms with E-state index in [9.17, 15) is 4.79 Å². The van der Waals surface area contributed by atoms with Gasteiger partial charge in [0.1, 0.15) is 17.5 Å². The van der Waals surface area contributed by atoms with Gasteiger partial charge in [0.25, 0.3) is 0 Å². The van der Waals surface area contributed by atoms with Crippen LogP contribution >= 0.6 is 0 Å². The number of carbonyl (C=O) groups excluding carboxylic acids is 1. The maximum Gasteiger partial charge on any atom is 0.189 e. The number of hydrogen-bond donors (Lipinski definition) is 2. The second kappa shape index (κ2) is 10.4. The van der Waals surface area contributed by atoms with Crippen LogP contribution < -0.4 is 20.7 Å². The standard InChI is InChI=1S/C26H30N6O3/c1-28-19-13-21(14-19)35-20-4-2-17(3-5-20)22-16-30-26(27)25(31-22)24(33)12-18-15-29-7-6-23(18)32-8-10-34-11-9-32/h2-7,15-16,19,21,28H,8-14H2,1H3,(H2,27,30). The Balaban J connectivity index is 1.30. The smallest absolute Gasteiger partial charge is 0.189 e. The van der Waals surface area contributed by atoms with Gasteiger partial charge in [-0.05, 0) is 50.2 Å². The molecule has 3 aromatic rings. The third-order valence-corrected chi connectivity index (χ3v) is 6.60. The summed E-state index contributed by atoms with van der Waals surface area (Å²) < 4.78 is 11.5. The number of pyridine rings is 1. The van der Waals surface area contributed by atoms with E-state index < -0.39 is 0 Å². The fourth-order valence-corrected chi connectivity index (χ4v) is 4.46. The molecule has 0 spiro atoms. The van der Waals surface area contributed by atoms with Crippen molar-refractivity contribution in [3.63, 3.8) is 0 Å². The van der Waals surface area contributed by atoms with E-state index in [1.165, 1.54) is 0 Å². The first-order valence-electron chi connectivity index (χ1n) is 12.0. The van der Waals surface area contributed by atoms with Crippen molar-refractivity contribution in [2.75, 3.05) is 44.0 Å². The van der Waals surface area contributed by atoms with Crippen LogP contribution in [0.3, 0.4) is 0 Å². The first kappa shape index (κ1) is 23.2. The summed E-state index contributed by atoms with van der Waals surface area (Å²) in [5.41, 5.74) is 9.50. The van der Waals surface area contributed by atoms with Crippen LogP contribution in [0.2, 0.25) is 0 Å². The van der Waals surface area contributed by atoms with E-state index in [0.29, 0.717) is 24.9 Å². The molecule has 182 valence electrons. The van der Waals surface area contributed by atoms with Gasteiger partial charge in [-0.25, -0.2) is 9.97 Å². The molecule has 1 aliphatic heterocycles. The Labute approximate surface area is 204 Å². The second-order valence-corrected chi connectivity index (χ2v) is 8.91. The van der Waals surface area contributed by atoms with Crippen molar-refractivity contribution in [2.24, 2.45) is 0 Å². The summed E-state index contributed by atoms with van der Waals surface area (Å²) >= 11 is 0. The van der Waals surface area contributed by atoms with Crippen molar-refractivity contribution in [3.8, 4) is 17.0 Å². The average Bonchev–Trinajstić information content (AvgIpc) is 2.87. The number of hydrogen-bond acceptors (Lipinski definition) is 9. The number of nitrogens with zero attached hydrogens (tertiary/aromatic N) is 4. The zero-order valence-corrected chi connectivity index (χ0v) is 19.8. The zero-order valence-electron chi connectivity index (χ0n) is 19.8. The van der Waals surface area contributed by atoms with Gasteiger partial charge in [-0.3, -0.25) is 9.78 Å². The number of morpholine rings is 1. The molecule has 0 unspecified atom stereocenters. The largest absolute Gasteiger partial charge is 0.490 e. The molecule has 2 aliphatic rings. The topological polar surface area (TPSA) is 115 Å². The molecule has 0 amide bonds. The number of nitrogens with one attached hydrogen (secondary N) is 1. The summed E-state index contributed by atoms with van der Waals surface area (Å²) in [5.74, 6) is 0.753. The lowest BCUT2D eigenvalue weighted by atomic mass is 9.89. The molecule has 1 saturated carbocycles. The predicted molar refractivity (Wildman–Crippen MR) is 134 cm³/mol. The fourth-order valence-electron chi connectivity index (χ4n) is 4.46. The van der Waals surface area contributed by atoms with E-state index in [-0.39, 0.29) is 29.8 Å². The summed E-state index contributed by atoms with van der Waals surface area (Å²) in [6, 6.07) is 10.2. The molecule has 9 nitrogen and oxygen atoms in total. The Morgan fingerprint density at radius 3 is 2.69 bits per heavy atom. The Kier molecular flexibility index (Phi) is 6.87. The summed E-state index contributed by atoms with van der Waals surface area (Å²) in [4.78, 5) is 28.5. The lowest BCUT2D eigenvalue weighted by Crippen LogP contribution is -2.45. The first-order chi connectivity index (χ1) is 17.1. The van der Waals surface area contributed by atoms with E-state index >= 15 is 0 Å². The molecule has 2 aromatic heterocycles. The maximum atomic E-state index is 13.2. The van der Waals surface area contributed by atoms with Crippen LogP contribution in [0.4, 0.5) is 11.5 Å². The number of ether oxygens (including phenoxy) is 2. The van der Waals surface area contributed by atoms with Crippen molar-refractivity contribution in [3.05, 3.63) is 60.2 Å². The Morgan fingerprint density at radius 1 is 1.17 bits per heavy atom. The summed E-state index contributed by atoms with van der Waals surface area (Å²) in [6.45, 7) is 2.88. The normalized spacial score (nSPS) is 19.7. The third kappa shape index (κ3) is 5.26. The Hall–Kier alpha value is -3.56. The molecular weight excluding hydrogens is 444 g/mol. The molecule has 35 heavy (non-hydrogen) atoms. The van der Waals surface area contributed by atoms with Crippen LogP contribution in [0.5, 0.6) is 5.75 Å². The van der Waals surface area contributed by atoms with Crippen molar-refractivity contribution < 1.29 is 14.3 Å². The number of Topliss-reactive ketones (excluding diaryl/α,β-unsaturated/α-hetero) is 1. The third-order valence-electron chi connectivity index (χ3n) is 6.60. The van der Waals surface area contributed by atoms with Crippen LogP contribution in [0, 0.1) is 0 Å². The lowest BCUT2D eigenvalue weighted by molar-refractivity contribution is 0.0885. The van der Waals surface area contributed by atoms with Gasteiger partial charge < -0.3 is 25.4 Å². The summed E-state index contributed by atoms with van der Waals surface area (Å²) in [6.07, 6.45) is 7.47. The lowest BCUT2D eigenvalue weighted by Gasteiger charge is -2.35. The van der Waals surface area contributed by atoms with Gasteiger partial charge in [-0.2, -0.15) is 0 Å². The van der Waals surface area contributed by atoms with Gasteiger partial charge in [0.2, 0.25) is 0 Å². The Morgan fingerprint density at radius 2 is 1.94 bits per heavy atom. The minimum absolute atomic E-state index is 0.125. The Bertz CT molecular complexity index is 1170. The summed E-state index contributed by atoms with van der Waals surface area (Å²) in [7, 11) is 1.97. The highest BCUT2D eigenvalue weighted by Gasteiger charge is 2.29. The fraction of sp³-hybridized carbons (Fsp3) is 0.385. The molecular formula is C26H30N6O3. The second-order valence-electron chi connectivity index (χ2n) is 8.91. The number of benzene rings is 1. The highest BCUT2D eigenvalue weighted by Crippen LogP contribution is 2.28. The molecule has 2 fully saturated rings. The van der Waals surface area contributed by atoms with E-state index in [2.05, 4.69) is 25.2 Å². The highest BCUT2D eigenvalue weighted by atomic mass is 16.5. The monoisotopic (exact) mass is 474 g/mol. The number of rotatable bonds is 8. The van der Waals surface area contributed by atoms with E-state index in [0.717, 1.165) is 48.5 Å². The zero-order chi connectivity index (χ0) is 24.2. The highest BCUT2D eigenvalue weighted by molar-refractivity contribution is 6.00. The van der Waals surface area contributed by atoms with Crippen molar-refractivity contribution >= 4 is 17.3 Å². The number of aromatic nitrogens is 3. The molecule has 3 N–H and O–H groups in total. The van der Waals surface area contributed by atoms with Crippen LogP contribution in [0.25, 0.3) is 11.3 Å². The van der Waals surface area contributed by atoms with E-state index in [4.69, 9.17) is 15.2 Å². The van der Waals surface area contributed by atoms with Crippen molar-refractivity contribution in [1.29, 1.82) is 0 Å². The minimum Gasteiger partial charge on any atom is -0.490 e. The molecule has 1 aliphatic carbocycles. The molecule has 5 rings (SSSR count). The SMILES string of the molecule is CNC1CC(Oc2ccc(-c3cnc(N)c(C(=O)Cc4cnccc4N4CCOCC4)n3)cc2)C1. The van der Waals surface area contributed by atoms with E-state index in [1.54, 1.807) is 18.6 Å². The maximum absolute atomic E-state index is 13.2. The molecule has 9 heteroatoms. The molecule has 3 heterocycles. The van der Waals surface area contributed by atoms with Crippen LogP contribution in [-0.4, -0.2) is 66.2 Å². The van der Waals surface area contributed by atoms with Gasteiger partial charge in [0.15, 0.2) is 11.6 Å². The average molecular weight is 475 g/mol. The number of anilines is 2. The summed E-state index contributed by atoms with van der Waals surface area (Å²) in [5, 5.41) is 3.26. The molecule has 1 aromatic carbocycles. The van der Waals surface area contributed by atoms with Crippen LogP contribution in [-0.2, 0) is 11.2 Å². The van der Waals surface area contributed by atoms with Gasteiger partial charge in [-0.15, -0.1) is 0 Å². The van der Waals surface area contributed by atoms with Crippen molar-refractivity contribution in [1.82, 2.24) is 20.3 Å². The number of nitrogen functional groups attached to an aromatic ring is 1. The number of ketones is 1. The van der Waals surface area contributed by atoms with Crippen LogP contribution in [0.15, 0.2) is 48.9 Å². The van der Waals surface area contributed by atoms with Gasteiger partial charge in [0.05, 0.1) is 25.1 Å². The van der Waals surface area contributed by atoms with Gasteiger partial charge in [-0.1, -0.05) is 0 Å². The van der Waals surface area contributed by atoms with E-state index in [1.807, 2.05) is 37.4 Å². The molecule has 0 radical (unpaired) electrons. The van der Waals surface area contributed by atoms with Gasteiger partial charge >= 0.3 is 0 Å². The predicted octanol–water partition coefficient (Wildman–Crippen LogP) is 2.51. The number of carbonyl (C=O) groups is 1. The first-order valence-corrected chi connectivity index (χ1v) is 12.0.